The molecule has 0 N–H and O–H groups in total. The van der Waals surface area contributed by atoms with Crippen LogP contribution in [0.1, 0.15) is 53.5 Å². The second-order valence-corrected chi connectivity index (χ2v) is 4.99. The standard InChI is InChI=1S/C14H20N2O2/c1-11(17)12-9-13(15(2)10-12)14(18)16-7-5-3-4-6-8-16/h9-10H,3-8H2,1-2H3. The molecule has 4 heteroatoms. The summed E-state index contributed by atoms with van der Waals surface area (Å²) in [6.07, 6.45) is 6.30. The van der Waals surface area contributed by atoms with Crippen LogP contribution < -0.4 is 0 Å². The summed E-state index contributed by atoms with van der Waals surface area (Å²) in [6.45, 7) is 3.19. The van der Waals surface area contributed by atoms with E-state index in [1.165, 1.54) is 19.8 Å². The molecule has 0 bridgehead atoms. The zero-order valence-corrected chi connectivity index (χ0v) is 11.1. The van der Waals surface area contributed by atoms with Gasteiger partial charge in [-0.15, -0.1) is 0 Å². The summed E-state index contributed by atoms with van der Waals surface area (Å²) in [5.74, 6) is 0.0485. The van der Waals surface area contributed by atoms with Crippen molar-refractivity contribution in [2.24, 2.45) is 7.05 Å². The minimum absolute atomic E-state index is 0.000478. The Kier molecular flexibility index (Phi) is 3.84. The van der Waals surface area contributed by atoms with Crippen molar-refractivity contribution < 1.29 is 9.59 Å². The number of aromatic nitrogens is 1. The monoisotopic (exact) mass is 248 g/mol. The third kappa shape index (κ3) is 2.63. The zero-order valence-electron chi connectivity index (χ0n) is 11.1. The number of carbonyl (C=O) groups is 2. The van der Waals surface area contributed by atoms with E-state index in [0.717, 1.165) is 25.9 Å². The summed E-state index contributed by atoms with van der Waals surface area (Å²) < 4.78 is 1.75. The van der Waals surface area contributed by atoms with Crippen LogP contribution in [-0.4, -0.2) is 34.2 Å². The molecule has 0 aromatic carbocycles. The fraction of sp³-hybridized carbons (Fsp3) is 0.571. The Morgan fingerprint density at radius 3 is 2.22 bits per heavy atom. The molecule has 1 aromatic rings. The predicted molar refractivity (Wildman–Crippen MR) is 69.8 cm³/mol. The predicted octanol–water partition coefficient (Wildman–Crippen LogP) is 2.24. The number of hydrogen-bond donors (Lipinski definition) is 0. The van der Waals surface area contributed by atoms with Crippen molar-refractivity contribution >= 4 is 11.7 Å². The number of rotatable bonds is 2. The molecule has 2 heterocycles. The molecule has 1 aromatic heterocycles. The van der Waals surface area contributed by atoms with Crippen molar-refractivity contribution in [1.82, 2.24) is 9.47 Å². The van der Waals surface area contributed by atoms with E-state index in [2.05, 4.69) is 0 Å². The van der Waals surface area contributed by atoms with E-state index in [1.54, 1.807) is 16.8 Å². The van der Waals surface area contributed by atoms with Gasteiger partial charge in [-0.2, -0.15) is 0 Å². The number of ketones is 1. The highest BCUT2D eigenvalue weighted by Crippen LogP contribution is 2.15. The summed E-state index contributed by atoms with van der Waals surface area (Å²) in [7, 11) is 1.82. The molecular formula is C14H20N2O2. The summed E-state index contributed by atoms with van der Waals surface area (Å²) in [5.41, 5.74) is 1.22. The number of likely N-dealkylation sites (tertiary alicyclic amines) is 1. The maximum absolute atomic E-state index is 12.4. The Labute approximate surface area is 108 Å². The summed E-state index contributed by atoms with van der Waals surface area (Å²) in [4.78, 5) is 25.6. The van der Waals surface area contributed by atoms with Crippen LogP contribution in [0.5, 0.6) is 0 Å². The summed E-state index contributed by atoms with van der Waals surface area (Å²) in [6, 6.07) is 1.70. The molecule has 0 saturated carbocycles. The maximum Gasteiger partial charge on any atom is 0.270 e. The highest BCUT2D eigenvalue weighted by Gasteiger charge is 2.20. The molecule has 4 nitrogen and oxygen atoms in total. The highest BCUT2D eigenvalue weighted by atomic mass is 16.2. The number of amides is 1. The largest absolute Gasteiger partial charge is 0.346 e. The van der Waals surface area contributed by atoms with Gasteiger partial charge in [0, 0.05) is 31.9 Å². The number of carbonyl (C=O) groups excluding carboxylic acids is 2. The van der Waals surface area contributed by atoms with Crippen LogP contribution in [-0.2, 0) is 7.05 Å². The van der Waals surface area contributed by atoms with E-state index in [0.29, 0.717) is 11.3 Å². The van der Waals surface area contributed by atoms with Crippen molar-refractivity contribution in [2.75, 3.05) is 13.1 Å². The van der Waals surface area contributed by atoms with E-state index in [4.69, 9.17) is 0 Å². The molecule has 1 aliphatic heterocycles. The first-order valence-corrected chi connectivity index (χ1v) is 6.56. The molecule has 18 heavy (non-hydrogen) atoms. The lowest BCUT2D eigenvalue weighted by Gasteiger charge is -2.20. The number of nitrogens with zero attached hydrogens (tertiary/aromatic N) is 2. The Balaban J connectivity index is 2.19. The van der Waals surface area contributed by atoms with E-state index < -0.39 is 0 Å². The van der Waals surface area contributed by atoms with E-state index in [-0.39, 0.29) is 11.7 Å². The molecule has 98 valence electrons. The molecule has 0 radical (unpaired) electrons. The van der Waals surface area contributed by atoms with Crippen LogP contribution in [0.25, 0.3) is 0 Å². The van der Waals surface area contributed by atoms with Crippen molar-refractivity contribution in [1.29, 1.82) is 0 Å². The SMILES string of the molecule is CC(=O)c1cc(C(=O)N2CCCCCC2)n(C)c1. The average Bonchev–Trinajstić information content (AvgIpc) is 2.57. The van der Waals surface area contributed by atoms with Gasteiger partial charge in [-0.3, -0.25) is 9.59 Å². The van der Waals surface area contributed by atoms with Crippen molar-refractivity contribution in [3.05, 3.63) is 23.5 Å². The van der Waals surface area contributed by atoms with Crippen molar-refractivity contribution in [3.63, 3.8) is 0 Å². The minimum atomic E-state index is 0.000478. The lowest BCUT2D eigenvalue weighted by molar-refractivity contribution is 0.0752. The number of Topliss-reactive ketones (excluding diaryl/α,β-unsaturated/α-hetero) is 1. The molecule has 1 aliphatic rings. The van der Waals surface area contributed by atoms with Crippen LogP contribution >= 0.6 is 0 Å². The third-order valence-corrected chi connectivity index (χ3v) is 3.52. The van der Waals surface area contributed by atoms with Crippen LogP contribution in [0.4, 0.5) is 0 Å². The van der Waals surface area contributed by atoms with E-state index >= 15 is 0 Å². The third-order valence-electron chi connectivity index (χ3n) is 3.52. The normalized spacial score (nSPS) is 16.4. The Morgan fingerprint density at radius 2 is 1.72 bits per heavy atom. The molecule has 1 saturated heterocycles. The van der Waals surface area contributed by atoms with Gasteiger partial charge in [0.15, 0.2) is 5.78 Å². The second-order valence-electron chi connectivity index (χ2n) is 4.99. The molecule has 0 atom stereocenters. The van der Waals surface area contributed by atoms with Gasteiger partial charge in [0.05, 0.1) is 0 Å². The molecule has 2 rings (SSSR count). The van der Waals surface area contributed by atoms with Crippen LogP contribution in [0.3, 0.4) is 0 Å². The molecule has 0 spiro atoms. The van der Waals surface area contributed by atoms with Gasteiger partial charge < -0.3 is 9.47 Å². The van der Waals surface area contributed by atoms with Crippen LogP contribution in [0.2, 0.25) is 0 Å². The van der Waals surface area contributed by atoms with Gasteiger partial charge in [0.2, 0.25) is 0 Å². The molecule has 1 amide bonds. The zero-order chi connectivity index (χ0) is 13.1. The molecule has 0 aliphatic carbocycles. The van der Waals surface area contributed by atoms with Gasteiger partial charge >= 0.3 is 0 Å². The first kappa shape index (κ1) is 12.9. The quantitative estimate of drug-likeness (QED) is 0.753. The first-order chi connectivity index (χ1) is 8.59. The topological polar surface area (TPSA) is 42.3 Å². The Hall–Kier alpha value is -1.58. The van der Waals surface area contributed by atoms with Gasteiger partial charge in [-0.05, 0) is 25.8 Å². The molecular weight excluding hydrogens is 228 g/mol. The maximum atomic E-state index is 12.4. The highest BCUT2D eigenvalue weighted by molar-refractivity contribution is 5.99. The van der Waals surface area contributed by atoms with Crippen LogP contribution in [0, 0.1) is 0 Å². The van der Waals surface area contributed by atoms with Crippen molar-refractivity contribution in [3.8, 4) is 0 Å². The lowest BCUT2D eigenvalue weighted by Crippen LogP contribution is -2.32. The fourth-order valence-electron chi connectivity index (χ4n) is 2.41. The average molecular weight is 248 g/mol. The summed E-state index contributed by atoms with van der Waals surface area (Å²) >= 11 is 0. The molecule has 1 fully saturated rings. The van der Waals surface area contributed by atoms with Crippen LogP contribution in [0.15, 0.2) is 12.3 Å². The number of aryl methyl sites for hydroxylation is 1. The van der Waals surface area contributed by atoms with Gasteiger partial charge in [0.25, 0.3) is 5.91 Å². The smallest absolute Gasteiger partial charge is 0.270 e. The second kappa shape index (κ2) is 5.38. The lowest BCUT2D eigenvalue weighted by atomic mass is 10.2. The minimum Gasteiger partial charge on any atom is -0.346 e. The fourth-order valence-corrected chi connectivity index (χ4v) is 2.41. The molecule has 0 unspecified atom stereocenters. The van der Waals surface area contributed by atoms with E-state index in [1.807, 2.05) is 11.9 Å². The van der Waals surface area contributed by atoms with E-state index in [9.17, 15) is 9.59 Å². The van der Waals surface area contributed by atoms with Gasteiger partial charge in [0.1, 0.15) is 5.69 Å². The van der Waals surface area contributed by atoms with Gasteiger partial charge in [-0.1, -0.05) is 12.8 Å². The van der Waals surface area contributed by atoms with Gasteiger partial charge in [-0.25, -0.2) is 0 Å². The summed E-state index contributed by atoms with van der Waals surface area (Å²) in [5, 5.41) is 0. The Bertz CT molecular complexity index is 454. The first-order valence-electron chi connectivity index (χ1n) is 6.56. The van der Waals surface area contributed by atoms with Crippen molar-refractivity contribution in [2.45, 2.75) is 32.6 Å². The number of hydrogen-bond acceptors (Lipinski definition) is 2. The Morgan fingerprint density at radius 1 is 1.11 bits per heavy atom.